The molecule has 0 spiro atoms. The van der Waals surface area contributed by atoms with E-state index in [1.54, 1.807) is 24.3 Å². The highest BCUT2D eigenvalue weighted by Gasteiger charge is 2.27. The van der Waals surface area contributed by atoms with Crippen LogP contribution in [0.5, 0.6) is 0 Å². The van der Waals surface area contributed by atoms with E-state index < -0.39 is 0 Å². The molecule has 1 saturated heterocycles. The minimum Gasteiger partial charge on any atom is -0.371 e. The van der Waals surface area contributed by atoms with E-state index in [-0.39, 0.29) is 18.0 Å². The van der Waals surface area contributed by atoms with Crippen LogP contribution in [0.15, 0.2) is 48.5 Å². The van der Waals surface area contributed by atoms with Crippen LogP contribution >= 0.6 is 11.6 Å². The van der Waals surface area contributed by atoms with Crippen molar-refractivity contribution in [3.63, 3.8) is 0 Å². The molecule has 1 saturated carbocycles. The number of hydrogen-bond donors (Lipinski definition) is 3. The van der Waals surface area contributed by atoms with Crippen LogP contribution in [-0.4, -0.2) is 37.1 Å². The molecular weight excluding hydrogens is 388 g/mol. The molecule has 3 N–H and O–H groups in total. The van der Waals surface area contributed by atoms with Gasteiger partial charge >= 0.3 is 6.03 Å². The van der Waals surface area contributed by atoms with Crippen molar-refractivity contribution >= 4 is 34.9 Å². The van der Waals surface area contributed by atoms with Crippen LogP contribution in [0.2, 0.25) is 5.02 Å². The van der Waals surface area contributed by atoms with Crippen molar-refractivity contribution in [3.05, 3.63) is 59.1 Å². The maximum Gasteiger partial charge on any atom is 0.319 e. The summed E-state index contributed by atoms with van der Waals surface area (Å²) in [5.74, 6) is 0.00393. The molecule has 2 aliphatic rings. The number of nitrogens with one attached hydrogen (secondary N) is 3. The zero-order chi connectivity index (χ0) is 20.2. The molecule has 152 valence electrons. The van der Waals surface area contributed by atoms with Crippen LogP contribution in [0.25, 0.3) is 0 Å². The predicted octanol–water partition coefficient (Wildman–Crippen LogP) is 4.02. The topological polar surface area (TPSA) is 73.5 Å². The number of rotatable bonds is 5. The summed E-state index contributed by atoms with van der Waals surface area (Å²) in [5.41, 5.74) is 2.36. The summed E-state index contributed by atoms with van der Waals surface area (Å²) in [5, 5.41) is 9.51. The quantitative estimate of drug-likeness (QED) is 0.694. The second-order valence-corrected chi connectivity index (χ2v) is 8.07. The highest BCUT2D eigenvalue weighted by molar-refractivity contribution is 6.30. The molecule has 0 aromatic heterocycles. The molecule has 29 heavy (non-hydrogen) atoms. The number of halogens is 1. The minimum atomic E-state index is -0.227. The number of anilines is 2. The van der Waals surface area contributed by atoms with Crippen molar-refractivity contribution in [1.29, 1.82) is 0 Å². The number of hydrogen-bond acceptors (Lipinski definition) is 3. The van der Waals surface area contributed by atoms with Crippen molar-refractivity contribution < 1.29 is 9.59 Å². The molecule has 1 aliphatic heterocycles. The highest BCUT2D eigenvalue weighted by atomic mass is 35.5. The Kier molecular flexibility index (Phi) is 5.90. The lowest BCUT2D eigenvalue weighted by atomic mass is 10.0. The van der Waals surface area contributed by atoms with Gasteiger partial charge in [-0.15, -0.1) is 0 Å². The fraction of sp³-hybridized carbons (Fsp3) is 0.364. The second-order valence-electron chi connectivity index (χ2n) is 7.64. The second kappa shape index (κ2) is 8.74. The van der Waals surface area contributed by atoms with Gasteiger partial charge in [-0.05, 0) is 56.0 Å². The first-order valence-electron chi connectivity index (χ1n) is 10.1. The molecule has 1 aliphatic carbocycles. The van der Waals surface area contributed by atoms with Crippen molar-refractivity contribution in [3.8, 4) is 0 Å². The van der Waals surface area contributed by atoms with Gasteiger partial charge < -0.3 is 20.9 Å². The normalized spacial score (nSPS) is 16.9. The van der Waals surface area contributed by atoms with Crippen LogP contribution in [0.1, 0.15) is 36.0 Å². The number of amides is 3. The van der Waals surface area contributed by atoms with Crippen molar-refractivity contribution in [2.45, 2.75) is 37.8 Å². The molecule has 0 atom stereocenters. The van der Waals surface area contributed by atoms with E-state index >= 15 is 0 Å². The molecular formula is C22H25ClN4O2. The molecule has 0 radical (unpaired) electrons. The summed E-state index contributed by atoms with van der Waals surface area (Å²) in [6.45, 7) is 1.58. The number of carbonyl (C=O) groups excluding carboxylic acids is 2. The first-order chi connectivity index (χ1) is 14.1. The van der Waals surface area contributed by atoms with Gasteiger partial charge in [0, 0.05) is 41.6 Å². The van der Waals surface area contributed by atoms with Gasteiger partial charge in [0.05, 0.1) is 5.56 Å². The number of benzene rings is 2. The first kappa shape index (κ1) is 19.6. The Bertz CT molecular complexity index is 892. The third kappa shape index (κ3) is 5.21. The van der Waals surface area contributed by atoms with E-state index in [0.29, 0.717) is 16.8 Å². The zero-order valence-electron chi connectivity index (χ0n) is 16.2. The molecule has 2 aromatic carbocycles. The molecule has 4 rings (SSSR count). The van der Waals surface area contributed by atoms with Crippen molar-refractivity contribution in [2.24, 2.45) is 0 Å². The average Bonchev–Trinajstić information content (AvgIpc) is 3.52. The molecule has 2 aromatic rings. The van der Waals surface area contributed by atoms with E-state index in [9.17, 15) is 9.59 Å². The Labute approximate surface area is 175 Å². The Hall–Kier alpha value is -2.73. The van der Waals surface area contributed by atoms with Gasteiger partial charge in [-0.25, -0.2) is 4.79 Å². The van der Waals surface area contributed by atoms with Crippen LogP contribution < -0.4 is 20.9 Å². The summed E-state index contributed by atoms with van der Waals surface area (Å²) in [6, 6.07) is 15.0. The lowest BCUT2D eigenvalue weighted by Gasteiger charge is -2.34. The number of carbonyl (C=O) groups is 2. The van der Waals surface area contributed by atoms with Gasteiger partial charge in [0.15, 0.2) is 0 Å². The minimum absolute atomic E-state index is 0.00393. The maximum atomic E-state index is 12.6. The van der Waals surface area contributed by atoms with Gasteiger partial charge in [0.2, 0.25) is 0 Å². The Morgan fingerprint density at radius 2 is 1.62 bits per heavy atom. The van der Waals surface area contributed by atoms with Gasteiger partial charge in [-0.2, -0.15) is 0 Å². The number of piperidine rings is 1. The molecule has 2 fully saturated rings. The molecule has 0 bridgehead atoms. The van der Waals surface area contributed by atoms with Crippen molar-refractivity contribution in [1.82, 2.24) is 10.6 Å². The van der Waals surface area contributed by atoms with E-state index in [1.807, 2.05) is 24.3 Å². The maximum absolute atomic E-state index is 12.6. The van der Waals surface area contributed by atoms with Gasteiger partial charge in [-0.3, -0.25) is 4.79 Å². The fourth-order valence-corrected chi connectivity index (χ4v) is 3.81. The summed E-state index contributed by atoms with van der Waals surface area (Å²) < 4.78 is 0. The van der Waals surface area contributed by atoms with Crippen LogP contribution in [0, 0.1) is 0 Å². The summed E-state index contributed by atoms with van der Waals surface area (Å²) in [6.07, 6.45) is 3.79. The highest BCUT2D eigenvalue weighted by Crippen LogP contribution is 2.26. The number of nitrogens with zero attached hydrogens (tertiary/aromatic N) is 1. The lowest BCUT2D eigenvalue weighted by Crippen LogP contribution is -2.46. The summed E-state index contributed by atoms with van der Waals surface area (Å²) >= 11 is 5.95. The summed E-state index contributed by atoms with van der Waals surface area (Å²) in [7, 11) is 0. The summed E-state index contributed by atoms with van der Waals surface area (Å²) in [4.78, 5) is 27.0. The third-order valence-corrected chi connectivity index (χ3v) is 5.55. The molecule has 1 heterocycles. The molecule has 3 amide bonds. The largest absolute Gasteiger partial charge is 0.371 e. The average molecular weight is 413 g/mol. The van der Waals surface area contributed by atoms with Crippen molar-refractivity contribution in [2.75, 3.05) is 23.3 Å². The van der Waals surface area contributed by atoms with Gasteiger partial charge in [-0.1, -0.05) is 29.8 Å². The van der Waals surface area contributed by atoms with Crippen LogP contribution in [-0.2, 0) is 0 Å². The molecule has 6 nitrogen and oxygen atoms in total. The van der Waals surface area contributed by atoms with Crippen LogP contribution in [0.4, 0.5) is 16.2 Å². The van der Waals surface area contributed by atoms with Gasteiger partial charge in [0.1, 0.15) is 0 Å². The SMILES string of the molecule is O=C(Nc1cccc(Cl)c1)NC1CCN(c2ccccc2C(=O)NC2CC2)CC1. The predicted molar refractivity (Wildman–Crippen MR) is 116 cm³/mol. The van der Waals surface area contributed by atoms with E-state index in [1.165, 1.54) is 0 Å². The Morgan fingerprint density at radius 3 is 2.34 bits per heavy atom. The Balaban J connectivity index is 1.31. The number of urea groups is 1. The first-order valence-corrected chi connectivity index (χ1v) is 10.4. The lowest BCUT2D eigenvalue weighted by molar-refractivity contribution is 0.0951. The fourth-order valence-electron chi connectivity index (χ4n) is 3.62. The Morgan fingerprint density at radius 1 is 0.897 bits per heavy atom. The van der Waals surface area contributed by atoms with E-state index in [0.717, 1.165) is 50.0 Å². The van der Waals surface area contributed by atoms with Gasteiger partial charge in [0.25, 0.3) is 5.91 Å². The monoisotopic (exact) mass is 412 g/mol. The molecule has 7 heteroatoms. The standard InChI is InChI=1S/C22H25ClN4O2/c23-15-4-3-5-18(14-15)26-22(29)25-17-10-12-27(13-11-17)20-7-2-1-6-19(20)21(28)24-16-8-9-16/h1-7,14,16-17H,8-13H2,(H,24,28)(H2,25,26,29). The molecule has 0 unspecified atom stereocenters. The smallest absolute Gasteiger partial charge is 0.319 e. The van der Waals surface area contributed by atoms with E-state index in [4.69, 9.17) is 11.6 Å². The zero-order valence-corrected chi connectivity index (χ0v) is 16.9. The third-order valence-electron chi connectivity index (χ3n) is 5.31. The van der Waals surface area contributed by atoms with Crippen LogP contribution in [0.3, 0.4) is 0 Å². The van der Waals surface area contributed by atoms with E-state index in [2.05, 4.69) is 20.9 Å². The number of para-hydroxylation sites is 1.